The average molecular weight is 557 g/mol. The zero-order chi connectivity index (χ0) is 29.6. The van der Waals surface area contributed by atoms with Crippen molar-refractivity contribution in [2.45, 2.75) is 11.8 Å². The quantitative estimate of drug-likeness (QED) is 0.138. The molecule has 2 N–H and O–H groups in total. The normalized spacial score (nSPS) is 19.0. The lowest BCUT2D eigenvalue weighted by Crippen LogP contribution is -2.28. The summed E-state index contributed by atoms with van der Waals surface area (Å²) >= 11 is 0. The van der Waals surface area contributed by atoms with Gasteiger partial charge in [-0.3, -0.25) is 9.98 Å². The lowest BCUT2D eigenvalue weighted by Gasteiger charge is -2.33. The Bertz CT molecular complexity index is 1800. The van der Waals surface area contributed by atoms with Gasteiger partial charge in [0.15, 0.2) is 0 Å². The third-order valence-corrected chi connectivity index (χ3v) is 8.16. The van der Waals surface area contributed by atoms with Crippen molar-refractivity contribution >= 4 is 18.1 Å². The highest BCUT2D eigenvalue weighted by atomic mass is 14.7. The molecule has 4 nitrogen and oxygen atoms in total. The van der Waals surface area contributed by atoms with Gasteiger partial charge in [-0.25, -0.2) is 0 Å². The van der Waals surface area contributed by atoms with Gasteiger partial charge in [0.2, 0.25) is 0 Å². The molecule has 0 bridgehead atoms. The van der Waals surface area contributed by atoms with Crippen LogP contribution < -0.4 is 0 Å². The van der Waals surface area contributed by atoms with E-state index in [1.807, 2.05) is 49.1 Å². The monoisotopic (exact) mass is 556 g/mol. The van der Waals surface area contributed by atoms with Crippen LogP contribution in [0.25, 0.3) is 11.1 Å². The molecule has 0 saturated carbocycles. The number of rotatable bonds is 9. The topological polar surface area (TPSA) is 73.0 Å². The molecule has 208 valence electrons. The summed E-state index contributed by atoms with van der Waals surface area (Å²) in [4.78, 5) is 8.69. The summed E-state index contributed by atoms with van der Waals surface area (Å²) < 4.78 is 0. The Balaban J connectivity index is 1.47. The summed E-state index contributed by atoms with van der Waals surface area (Å²) in [5.41, 5.74) is 9.67. The molecular formula is C39H32N4. The first-order valence-electron chi connectivity index (χ1n) is 14.4. The number of aliphatic imine (C=N–C) groups is 1. The highest BCUT2D eigenvalue weighted by molar-refractivity contribution is 6.08. The second-order valence-corrected chi connectivity index (χ2v) is 10.7. The number of aromatic nitrogens is 1. The van der Waals surface area contributed by atoms with Crippen LogP contribution in [0.4, 0.5) is 0 Å². The lowest BCUT2D eigenvalue weighted by atomic mass is 9.68. The summed E-state index contributed by atoms with van der Waals surface area (Å²) in [6.07, 6.45) is 20.9. The molecule has 43 heavy (non-hydrogen) atoms. The molecule has 2 heterocycles. The lowest BCUT2D eigenvalue weighted by molar-refractivity contribution is 0.766. The fraction of sp³-hybridized carbons (Fsp3) is 0.0769. The maximum Gasteiger partial charge on any atom is 0.0714 e. The Hall–Kier alpha value is -5.48. The number of hydrogen-bond donors (Lipinski definition) is 2. The highest BCUT2D eigenvalue weighted by Crippen LogP contribution is 2.56. The van der Waals surface area contributed by atoms with Crippen molar-refractivity contribution in [2.75, 3.05) is 0 Å². The summed E-state index contributed by atoms with van der Waals surface area (Å²) in [6.45, 7) is 4.06. The maximum absolute atomic E-state index is 9.20. The van der Waals surface area contributed by atoms with E-state index in [0.717, 1.165) is 34.3 Å². The molecule has 0 fully saturated rings. The molecular weight excluding hydrogens is 524 g/mol. The minimum Gasteiger partial charge on any atom is -0.309 e. The van der Waals surface area contributed by atoms with Crippen LogP contribution in [-0.4, -0.2) is 23.1 Å². The average Bonchev–Trinajstić information content (AvgIpc) is 3.37. The summed E-state index contributed by atoms with van der Waals surface area (Å²) in [5.74, 6) is 0.0636. The minimum absolute atomic E-state index is 0.0636. The second-order valence-electron chi connectivity index (χ2n) is 10.7. The molecule has 0 amide bonds. The first-order chi connectivity index (χ1) is 21.1. The van der Waals surface area contributed by atoms with E-state index in [9.17, 15) is 5.41 Å². The summed E-state index contributed by atoms with van der Waals surface area (Å²) in [7, 11) is 0. The maximum atomic E-state index is 9.20. The first kappa shape index (κ1) is 27.7. The van der Waals surface area contributed by atoms with Gasteiger partial charge in [0, 0.05) is 42.5 Å². The predicted octanol–water partition coefficient (Wildman–Crippen LogP) is 8.66. The van der Waals surface area contributed by atoms with Crippen molar-refractivity contribution in [3.8, 4) is 11.1 Å². The molecule has 2 unspecified atom stereocenters. The van der Waals surface area contributed by atoms with Crippen LogP contribution >= 0.6 is 0 Å². The van der Waals surface area contributed by atoms with E-state index in [-0.39, 0.29) is 5.92 Å². The second kappa shape index (κ2) is 12.2. The van der Waals surface area contributed by atoms with Gasteiger partial charge in [-0.15, -0.1) is 0 Å². The van der Waals surface area contributed by atoms with Gasteiger partial charge in [0.25, 0.3) is 0 Å². The number of hydrogen-bond acceptors (Lipinski definition) is 4. The van der Waals surface area contributed by atoms with E-state index in [4.69, 9.17) is 5.41 Å². The molecule has 0 saturated heterocycles. The Morgan fingerprint density at radius 2 is 1.58 bits per heavy atom. The number of fused-ring (bicyclic) bond motifs is 3. The smallest absolute Gasteiger partial charge is 0.0714 e. The molecule has 6 rings (SSSR count). The predicted molar refractivity (Wildman–Crippen MR) is 178 cm³/mol. The zero-order valence-electron chi connectivity index (χ0n) is 23.8. The van der Waals surface area contributed by atoms with E-state index in [0.29, 0.717) is 5.71 Å². The van der Waals surface area contributed by atoms with Crippen molar-refractivity contribution in [1.29, 1.82) is 10.8 Å². The number of nitrogens with one attached hydrogen (secondary N) is 2. The Labute approximate surface area is 252 Å². The van der Waals surface area contributed by atoms with E-state index >= 15 is 0 Å². The molecule has 0 spiro atoms. The molecule has 0 radical (unpaired) electrons. The van der Waals surface area contributed by atoms with Gasteiger partial charge < -0.3 is 10.8 Å². The molecule has 4 heteroatoms. The number of allylic oxidation sites excluding steroid dienone is 8. The van der Waals surface area contributed by atoms with Gasteiger partial charge in [0.05, 0.1) is 11.1 Å². The summed E-state index contributed by atoms with van der Waals surface area (Å²) in [6, 6.07) is 29.9. The van der Waals surface area contributed by atoms with Gasteiger partial charge >= 0.3 is 0 Å². The van der Waals surface area contributed by atoms with Crippen LogP contribution in [0.1, 0.15) is 34.2 Å². The molecule has 3 aromatic carbocycles. The van der Waals surface area contributed by atoms with Crippen molar-refractivity contribution in [1.82, 2.24) is 4.98 Å². The van der Waals surface area contributed by atoms with Crippen LogP contribution in [0.2, 0.25) is 0 Å². The van der Waals surface area contributed by atoms with E-state index in [1.165, 1.54) is 28.5 Å². The molecule has 1 aliphatic heterocycles. The van der Waals surface area contributed by atoms with E-state index in [2.05, 4.69) is 101 Å². The third kappa shape index (κ3) is 5.20. The van der Waals surface area contributed by atoms with Crippen LogP contribution in [0, 0.1) is 16.7 Å². The van der Waals surface area contributed by atoms with Crippen LogP contribution in [-0.2, 0) is 5.41 Å². The van der Waals surface area contributed by atoms with Crippen molar-refractivity contribution < 1.29 is 0 Å². The molecule has 2 aliphatic rings. The number of benzene rings is 3. The highest BCUT2D eigenvalue weighted by Gasteiger charge is 2.46. The van der Waals surface area contributed by atoms with E-state index < -0.39 is 5.41 Å². The van der Waals surface area contributed by atoms with Gasteiger partial charge in [-0.05, 0) is 81.3 Å². The molecule has 2 atom stereocenters. The fourth-order valence-electron chi connectivity index (χ4n) is 6.19. The number of nitrogens with zero attached hydrogens (tertiary/aromatic N) is 2. The van der Waals surface area contributed by atoms with Gasteiger partial charge in [-0.2, -0.15) is 0 Å². The standard InChI is InChI=1S/C39H32N4/c1-28(9-7-21-40)15-16-29(31-10-8-22-43-27-31)26-38(41)30-17-18-37-35(25-30)34-13-5-6-14-36(34)39(37,32-11-3-2-4-12-32)33-19-23-42-24-20-33/h2-9,11-27,31,40-41H,1,10H2/b9-7-,16-15+,29-26+,40-21?,41-38?. The Morgan fingerprint density at radius 3 is 2.35 bits per heavy atom. The summed E-state index contributed by atoms with van der Waals surface area (Å²) in [5, 5.41) is 16.4. The zero-order valence-corrected chi connectivity index (χ0v) is 23.8. The minimum atomic E-state index is -0.490. The number of pyridine rings is 1. The van der Waals surface area contributed by atoms with E-state index in [1.54, 1.807) is 12.2 Å². The van der Waals surface area contributed by atoms with Crippen LogP contribution in [0.15, 0.2) is 163 Å². The first-order valence-corrected chi connectivity index (χ1v) is 14.4. The SMILES string of the molecule is C=C(/C=C\C=N)/C=C/C(=C\C(=N)c1ccc2c(c1)-c1ccccc1C2(c1ccccc1)c1ccncc1)C1C=NC=CC1. The van der Waals surface area contributed by atoms with Crippen molar-refractivity contribution in [2.24, 2.45) is 10.9 Å². The molecule has 1 aliphatic carbocycles. The largest absolute Gasteiger partial charge is 0.309 e. The van der Waals surface area contributed by atoms with Crippen molar-refractivity contribution in [3.05, 3.63) is 186 Å². The van der Waals surface area contributed by atoms with Crippen LogP contribution in [0.3, 0.4) is 0 Å². The Morgan fingerprint density at radius 1 is 0.837 bits per heavy atom. The van der Waals surface area contributed by atoms with Gasteiger partial charge in [0.1, 0.15) is 0 Å². The molecule has 4 aromatic rings. The van der Waals surface area contributed by atoms with Crippen molar-refractivity contribution in [3.63, 3.8) is 0 Å². The molecule has 1 aromatic heterocycles. The third-order valence-electron chi connectivity index (χ3n) is 8.16. The Kier molecular flexibility index (Phi) is 7.84. The van der Waals surface area contributed by atoms with Crippen LogP contribution in [0.5, 0.6) is 0 Å². The fourth-order valence-corrected chi connectivity index (χ4v) is 6.19. The van der Waals surface area contributed by atoms with Gasteiger partial charge in [-0.1, -0.05) is 97.6 Å².